The molecule has 22 heavy (non-hydrogen) atoms. The Kier molecular flexibility index (Phi) is 3.79. The monoisotopic (exact) mass is 311 g/mol. The summed E-state index contributed by atoms with van der Waals surface area (Å²) in [4.78, 5) is 27.4. The summed E-state index contributed by atoms with van der Waals surface area (Å²) in [5.41, 5.74) is 0.757. The molecule has 2 amide bonds. The van der Waals surface area contributed by atoms with Crippen LogP contribution in [0.25, 0.3) is 0 Å². The zero-order valence-electron chi connectivity index (χ0n) is 12.6. The number of thioether (sulfide) groups is 1. The summed E-state index contributed by atoms with van der Waals surface area (Å²) >= 11 is 1.64. The molecule has 0 N–H and O–H groups in total. The summed E-state index contributed by atoms with van der Waals surface area (Å²) < 4.78 is 0. The molecule has 0 spiro atoms. The van der Waals surface area contributed by atoms with Crippen molar-refractivity contribution >= 4 is 23.6 Å². The van der Waals surface area contributed by atoms with E-state index in [-0.39, 0.29) is 11.8 Å². The smallest absolute Gasteiger partial charge is 0.260 e. The first-order chi connectivity index (χ1) is 10.5. The number of likely N-dealkylation sites (N-methyl/N-ethyl adjacent to an activating group) is 1. The minimum Gasteiger partial charge on any atom is -0.281 e. The van der Waals surface area contributed by atoms with Gasteiger partial charge in [0.25, 0.3) is 5.91 Å². The van der Waals surface area contributed by atoms with Crippen molar-refractivity contribution in [1.29, 1.82) is 0 Å². The van der Waals surface area contributed by atoms with Crippen LogP contribution in [0, 0.1) is 0 Å². The molecule has 2 aromatic rings. The fourth-order valence-electron chi connectivity index (χ4n) is 2.79. The van der Waals surface area contributed by atoms with E-state index >= 15 is 0 Å². The predicted molar refractivity (Wildman–Crippen MR) is 88.1 cm³/mol. The third kappa shape index (κ3) is 2.33. The van der Waals surface area contributed by atoms with Gasteiger partial charge in [0.1, 0.15) is 0 Å². The van der Waals surface area contributed by atoms with E-state index in [9.17, 15) is 9.59 Å². The second-order valence-corrected chi connectivity index (χ2v) is 6.70. The van der Waals surface area contributed by atoms with E-state index < -0.39 is 5.41 Å². The van der Waals surface area contributed by atoms with Crippen molar-refractivity contribution in [3.05, 3.63) is 65.7 Å². The van der Waals surface area contributed by atoms with Gasteiger partial charge in [0, 0.05) is 23.3 Å². The highest BCUT2D eigenvalue weighted by Crippen LogP contribution is 2.38. The van der Waals surface area contributed by atoms with Crippen molar-refractivity contribution in [3.63, 3.8) is 0 Å². The average Bonchev–Trinajstić information content (AvgIpc) is 2.57. The molecule has 3 nitrogen and oxygen atoms in total. The summed E-state index contributed by atoms with van der Waals surface area (Å²) in [5, 5.41) is 0. The Morgan fingerprint density at radius 3 is 2.36 bits per heavy atom. The van der Waals surface area contributed by atoms with Crippen LogP contribution in [0.15, 0.2) is 59.5 Å². The van der Waals surface area contributed by atoms with Gasteiger partial charge in [-0.15, -0.1) is 11.8 Å². The second kappa shape index (κ2) is 5.61. The van der Waals surface area contributed by atoms with Gasteiger partial charge in [0.05, 0.1) is 5.41 Å². The number of fused-ring (bicyclic) bond motifs is 1. The van der Waals surface area contributed by atoms with Crippen LogP contribution in [0.3, 0.4) is 0 Å². The Balaban J connectivity index is 1.98. The van der Waals surface area contributed by atoms with Crippen LogP contribution in [0.1, 0.15) is 22.8 Å². The molecule has 0 saturated heterocycles. The van der Waals surface area contributed by atoms with E-state index in [1.807, 2.05) is 55.5 Å². The third-order valence-electron chi connectivity index (χ3n) is 4.10. The maximum Gasteiger partial charge on any atom is 0.260 e. The van der Waals surface area contributed by atoms with E-state index in [1.165, 1.54) is 4.90 Å². The van der Waals surface area contributed by atoms with E-state index in [0.29, 0.717) is 11.3 Å². The van der Waals surface area contributed by atoms with Crippen molar-refractivity contribution in [2.24, 2.45) is 0 Å². The molecule has 2 aromatic carbocycles. The lowest BCUT2D eigenvalue weighted by molar-refractivity contribution is -0.132. The van der Waals surface area contributed by atoms with E-state index in [0.717, 1.165) is 10.5 Å². The summed E-state index contributed by atoms with van der Waals surface area (Å²) in [7, 11) is 1.56. The van der Waals surface area contributed by atoms with Crippen LogP contribution in [0.2, 0.25) is 0 Å². The number of hydrogen-bond donors (Lipinski definition) is 0. The SMILES string of the molecule is CN1C(=O)c2ccccc2C(C)(CSc2ccccc2)C1=O. The molecule has 112 valence electrons. The lowest BCUT2D eigenvalue weighted by Crippen LogP contribution is -2.52. The molecule has 0 fully saturated rings. The summed E-state index contributed by atoms with van der Waals surface area (Å²) in [6, 6.07) is 17.4. The Morgan fingerprint density at radius 1 is 1.00 bits per heavy atom. The number of carbonyl (C=O) groups is 2. The Hall–Kier alpha value is -2.07. The maximum atomic E-state index is 12.7. The normalized spacial score (nSPS) is 20.9. The van der Waals surface area contributed by atoms with Crippen molar-refractivity contribution in [2.45, 2.75) is 17.2 Å². The largest absolute Gasteiger partial charge is 0.281 e. The summed E-state index contributed by atoms with van der Waals surface area (Å²) in [6.45, 7) is 1.92. The summed E-state index contributed by atoms with van der Waals surface area (Å²) in [5.74, 6) is 0.243. The minimum atomic E-state index is -0.695. The number of imide groups is 1. The topological polar surface area (TPSA) is 37.4 Å². The van der Waals surface area contributed by atoms with Gasteiger partial charge in [-0.05, 0) is 30.7 Å². The predicted octanol–water partition coefficient (Wildman–Crippen LogP) is 3.35. The van der Waals surface area contributed by atoms with Crippen LogP contribution >= 0.6 is 11.8 Å². The number of carbonyl (C=O) groups excluding carboxylic acids is 2. The van der Waals surface area contributed by atoms with E-state index in [1.54, 1.807) is 24.9 Å². The molecular formula is C18H17NO2S. The minimum absolute atomic E-state index is 0.139. The number of nitrogens with zero attached hydrogens (tertiary/aromatic N) is 1. The van der Waals surface area contributed by atoms with Gasteiger partial charge >= 0.3 is 0 Å². The quantitative estimate of drug-likeness (QED) is 0.644. The highest BCUT2D eigenvalue weighted by Gasteiger charge is 2.45. The van der Waals surface area contributed by atoms with Gasteiger partial charge in [0.15, 0.2) is 0 Å². The molecule has 1 aliphatic heterocycles. The third-order valence-corrected chi connectivity index (χ3v) is 5.43. The first kappa shape index (κ1) is 14.9. The van der Waals surface area contributed by atoms with Gasteiger partial charge in [-0.25, -0.2) is 0 Å². The molecule has 1 unspecified atom stereocenters. The molecule has 4 heteroatoms. The van der Waals surface area contributed by atoms with Crippen molar-refractivity contribution in [1.82, 2.24) is 4.90 Å². The van der Waals surface area contributed by atoms with Crippen molar-refractivity contribution in [2.75, 3.05) is 12.8 Å². The number of benzene rings is 2. The fraction of sp³-hybridized carbons (Fsp3) is 0.222. The Bertz CT molecular complexity index is 729. The molecule has 0 radical (unpaired) electrons. The van der Waals surface area contributed by atoms with Crippen LogP contribution in [-0.2, 0) is 10.2 Å². The zero-order valence-corrected chi connectivity index (χ0v) is 13.4. The molecule has 0 aromatic heterocycles. The van der Waals surface area contributed by atoms with Gasteiger partial charge < -0.3 is 0 Å². The molecule has 1 aliphatic rings. The number of amides is 2. The van der Waals surface area contributed by atoms with Gasteiger partial charge in [0.2, 0.25) is 5.91 Å². The maximum absolute atomic E-state index is 12.7. The molecule has 0 bridgehead atoms. The fourth-order valence-corrected chi connectivity index (χ4v) is 3.88. The van der Waals surface area contributed by atoms with Crippen LogP contribution < -0.4 is 0 Å². The molecular weight excluding hydrogens is 294 g/mol. The Labute approximate surface area is 134 Å². The molecule has 0 saturated carbocycles. The highest BCUT2D eigenvalue weighted by molar-refractivity contribution is 7.99. The van der Waals surface area contributed by atoms with Gasteiger partial charge in [-0.1, -0.05) is 36.4 Å². The van der Waals surface area contributed by atoms with E-state index in [4.69, 9.17) is 0 Å². The van der Waals surface area contributed by atoms with Crippen LogP contribution in [-0.4, -0.2) is 29.5 Å². The zero-order chi connectivity index (χ0) is 15.7. The first-order valence-corrected chi connectivity index (χ1v) is 8.12. The van der Waals surface area contributed by atoms with Gasteiger partial charge in [-0.3, -0.25) is 14.5 Å². The van der Waals surface area contributed by atoms with Crippen molar-refractivity contribution in [3.8, 4) is 0 Å². The molecule has 3 rings (SSSR count). The van der Waals surface area contributed by atoms with E-state index in [2.05, 4.69) is 0 Å². The Morgan fingerprint density at radius 2 is 1.64 bits per heavy atom. The number of hydrogen-bond acceptors (Lipinski definition) is 3. The lowest BCUT2D eigenvalue weighted by atomic mass is 9.77. The van der Waals surface area contributed by atoms with Crippen LogP contribution in [0.5, 0.6) is 0 Å². The molecule has 1 atom stereocenters. The molecule has 1 heterocycles. The molecule has 0 aliphatic carbocycles. The summed E-state index contributed by atoms with van der Waals surface area (Å²) in [6.07, 6.45) is 0. The highest BCUT2D eigenvalue weighted by atomic mass is 32.2. The van der Waals surface area contributed by atoms with Crippen molar-refractivity contribution < 1.29 is 9.59 Å². The average molecular weight is 311 g/mol. The first-order valence-electron chi connectivity index (χ1n) is 7.14. The van der Waals surface area contributed by atoms with Gasteiger partial charge in [-0.2, -0.15) is 0 Å². The van der Waals surface area contributed by atoms with Crippen LogP contribution in [0.4, 0.5) is 0 Å². The standard InChI is InChI=1S/C18H17NO2S/c1-18(12-22-13-8-4-3-5-9-13)15-11-7-6-10-14(15)16(20)19(2)17(18)21/h3-11H,12H2,1-2H3. The second-order valence-electron chi connectivity index (χ2n) is 5.65. The number of rotatable bonds is 3. The lowest BCUT2D eigenvalue weighted by Gasteiger charge is -2.38.